The zero-order chi connectivity index (χ0) is 35.6. The minimum absolute atomic E-state index is 0.890. The Balaban J connectivity index is 1.11. The van der Waals surface area contributed by atoms with Crippen molar-refractivity contribution >= 4 is 64.2 Å². The minimum Gasteiger partial charge on any atom is -0.456 e. The first-order valence-corrected chi connectivity index (χ1v) is 19.2. The van der Waals surface area contributed by atoms with Gasteiger partial charge in [-0.1, -0.05) is 133 Å². The normalized spacial score (nSPS) is 11.7. The maximum Gasteiger partial charge on any atom is 0.136 e. The Labute approximate surface area is 317 Å². The van der Waals surface area contributed by atoms with Crippen molar-refractivity contribution in [2.24, 2.45) is 0 Å². The fraction of sp³-hybridized carbons (Fsp3) is 0. The zero-order valence-electron chi connectivity index (χ0n) is 29.3. The average Bonchev–Trinajstić information content (AvgIpc) is 3.81. The Morgan fingerprint density at radius 2 is 0.907 bits per heavy atom. The van der Waals surface area contributed by atoms with Gasteiger partial charge in [0.1, 0.15) is 11.2 Å². The van der Waals surface area contributed by atoms with Crippen LogP contribution in [-0.4, -0.2) is 0 Å². The van der Waals surface area contributed by atoms with E-state index in [1.807, 2.05) is 11.3 Å². The van der Waals surface area contributed by atoms with Crippen molar-refractivity contribution in [3.63, 3.8) is 0 Å². The highest BCUT2D eigenvalue weighted by atomic mass is 32.1. The second-order valence-corrected chi connectivity index (χ2v) is 15.2. The molecule has 0 saturated carbocycles. The van der Waals surface area contributed by atoms with Gasteiger partial charge in [-0.15, -0.1) is 11.3 Å². The van der Waals surface area contributed by atoms with E-state index in [1.54, 1.807) is 0 Å². The third kappa shape index (κ3) is 5.23. The topological polar surface area (TPSA) is 13.1 Å². The molecule has 11 rings (SSSR count). The van der Waals surface area contributed by atoms with Crippen LogP contribution in [0, 0.1) is 0 Å². The summed E-state index contributed by atoms with van der Waals surface area (Å²) in [5.41, 5.74) is 13.7. The third-order valence-electron chi connectivity index (χ3n) is 10.8. The van der Waals surface area contributed by atoms with Crippen LogP contribution < -0.4 is 0 Å². The van der Waals surface area contributed by atoms with Crippen LogP contribution >= 0.6 is 11.3 Å². The van der Waals surface area contributed by atoms with E-state index in [0.717, 1.165) is 33.1 Å². The van der Waals surface area contributed by atoms with Crippen molar-refractivity contribution in [1.82, 2.24) is 0 Å². The van der Waals surface area contributed by atoms with Crippen molar-refractivity contribution < 1.29 is 4.42 Å². The first-order valence-electron chi connectivity index (χ1n) is 18.4. The van der Waals surface area contributed by atoms with Gasteiger partial charge < -0.3 is 4.42 Å². The second kappa shape index (κ2) is 12.4. The van der Waals surface area contributed by atoms with Crippen LogP contribution in [0.2, 0.25) is 0 Å². The first-order chi connectivity index (χ1) is 26.7. The highest BCUT2D eigenvalue weighted by molar-refractivity contribution is 7.25. The highest BCUT2D eigenvalue weighted by Crippen LogP contribution is 2.43. The predicted octanol–water partition coefficient (Wildman–Crippen LogP) is 15.4. The lowest BCUT2D eigenvalue weighted by Gasteiger charge is -2.13. The summed E-state index contributed by atoms with van der Waals surface area (Å²) in [5, 5.41) is 7.36. The molecule has 0 fully saturated rings. The van der Waals surface area contributed by atoms with E-state index in [4.69, 9.17) is 4.42 Å². The molecule has 0 saturated heterocycles. The van der Waals surface area contributed by atoms with Crippen molar-refractivity contribution in [1.29, 1.82) is 0 Å². The van der Waals surface area contributed by atoms with Gasteiger partial charge in [-0.2, -0.15) is 0 Å². The predicted molar refractivity (Wildman–Crippen MR) is 231 cm³/mol. The maximum absolute atomic E-state index is 6.55. The van der Waals surface area contributed by atoms with E-state index in [9.17, 15) is 0 Å². The third-order valence-corrected chi connectivity index (χ3v) is 12.0. The summed E-state index contributed by atoms with van der Waals surface area (Å²) in [6.45, 7) is 0. The molecule has 9 aromatic carbocycles. The molecule has 54 heavy (non-hydrogen) atoms. The highest BCUT2D eigenvalue weighted by Gasteiger charge is 2.17. The average molecular weight is 705 g/mol. The number of thiophene rings is 1. The van der Waals surface area contributed by atoms with Crippen LogP contribution in [0.15, 0.2) is 199 Å². The molecule has 0 unspecified atom stereocenters. The Bertz CT molecular complexity index is 3220. The Morgan fingerprint density at radius 3 is 1.80 bits per heavy atom. The fourth-order valence-corrected chi connectivity index (χ4v) is 9.29. The molecule has 0 radical (unpaired) electrons. The number of fused-ring (bicyclic) bond motifs is 7. The number of furan rings is 1. The van der Waals surface area contributed by atoms with Crippen molar-refractivity contribution in [3.8, 4) is 55.6 Å². The first kappa shape index (κ1) is 30.8. The van der Waals surface area contributed by atoms with Crippen molar-refractivity contribution in [3.05, 3.63) is 194 Å². The smallest absolute Gasteiger partial charge is 0.136 e. The number of benzene rings is 9. The largest absolute Gasteiger partial charge is 0.456 e. The molecular formula is C52H32OS. The lowest BCUT2D eigenvalue weighted by Crippen LogP contribution is -1.87. The number of rotatable bonds is 5. The number of hydrogen-bond donors (Lipinski definition) is 0. The van der Waals surface area contributed by atoms with Gasteiger partial charge in [0.15, 0.2) is 0 Å². The van der Waals surface area contributed by atoms with E-state index in [1.165, 1.54) is 75.5 Å². The van der Waals surface area contributed by atoms with Gasteiger partial charge in [-0.3, -0.25) is 0 Å². The zero-order valence-corrected chi connectivity index (χ0v) is 30.1. The van der Waals surface area contributed by atoms with Crippen LogP contribution in [0.4, 0.5) is 0 Å². The summed E-state index contributed by atoms with van der Waals surface area (Å²) in [5.74, 6) is 0. The van der Waals surface area contributed by atoms with Gasteiger partial charge in [-0.25, -0.2) is 0 Å². The molecule has 0 atom stereocenters. The minimum atomic E-state index is 0.890. The van der Waals surface area contributed by atoms with Gasteiger partial charge in [0.2, 0.25) is 0 Å². The van der Waals surface area contributed by atoms with Gasteiger partial charge in [0.25, 0.3) is 0 Å². The van der Waals surface area contributed by atoms with E-state index in [2.05, 4.69) is 194 Å². The molecule has 0 spiro atoms. The summed E-state index contributed by atoms with van der Waals surface area (Å²) in [7, 11) is 0. The Morgan fingerprint density at radius 1 is 0.296 bits per heavy atom. The monoisotopic (exact) mass is 704 g/mol. The summed E-state index contributed by atoms with van der Waals surface area (Å²) in [4.78, 5) is 0. The lowest BCUT2D eigenvalue weighted by atomic mass is 9.90. The SMILES string of the molecule is c1ccc(-c2cccc(-c3ccc4oc5cccc(-c6cc(-c7ccc8ccccc8c7)cc(-c7ccc8c(c7)sc7ccccc78)c6)c5c4c3)c2)cc1. The van der Waals surface area contributed by atoms with Crippen molar-refractivity contribution in [2.75, 3.05) is 0 Å². The van der Waals surface area contributed by atoms with Gasteiger partial charge in [0.05, 0.1) is 0 Å². The van der Waals surface area contributed by atoms with E-state index in [-0.39, 0.29) is 0 Å². The Hall–Kier alpha value is -6.74. The van der Waals surface area contributed by atoms with Crippen molar-refractivity contribution in [2.45, 2.75) is 0 Å². The summed E-state index contributed by atoms with van der Waals surface area (Å²) in [6, 6.07) is 70.6. The van der Waals surface area contributed by atoms with Gasteiger partial charge in [-0.05, 0) is 127 Å². The molecule has 1 nitrogen and oxygen atoms in total. The molecule has 0 aliphatic rings. The van der Waals surface area contributed by atoms with E-state index >= 15 is 0 Å². The molecule has 2 heterocycles. The van der Waals surface area contributed by atoms with Gasteiger partial charge >= 0.3 is 0 Å². The van der Waals surface area contributed by atoms with E-state index in [0.29, 0.717) is 0 Å². The second-order valence-electron chi connectivity index (χ2n) is 14.1. The lowest BCUT2D eigenvalue weighted by molar-refractivity contribution is 0.669. The summed E-state index contributed by atoms with van der Waals surface area (Å²) >= 11 is 1.86. The molecule has 0 bridgehead atoms. The Kier molecular flexibility index (Phi) is 7.11. The summed E-state index contributed by atoms with van der Waals surface area (Å²) < 4.78 is 9.18. The van der Waals surface area contributed by atoms with Crippen LogP contribution in [0.1, 0.15) is 0 Å². The maximum atomic E-state index is 6.55. The molecular weight excluding hydrogens is 673 g/mol. The number of hydrogen-bond acceptors (Lipinski definition) is 2. The molecule has 0 aliphatic carbocycles. The molecule has 0 N–H and O–H groups in total. The van der Waals surface area contributed by atoms with E-state index < -0.39 is 0 Å². The molecule has 11 aromatic rings. The molecule has 2 heteroatoms. The molecule has 0 amide bonds. The van der Waals surface area contributed by atoms with Crippen LogP contribution in [0.3, 0.4) is 0 Å². The molecule has 252 valence electrons. The quantitative estimate of drug-likeness (QED) is 0.174. The molecule has 2 aromatic heterocycles. The fourth-order valence-electron chi connectivity index (χ4n) is 8.15. The summed E-state index contributed by atoms with van der Waals surface area (Å²) in [6.07, 6.45) is 0. The standard InChI is InChI=1S/C52H32OS/c1-2-10-33(11-3-1)36-14-8-15-37(26-36)39-23-25-48-47(31-39)52-44(17-9-18-49(52)53-48)43-29-41(38-21-20-34-12-4-5-13-35(34)27-38)28-42(30-43)40-22-24-46-45-16-6-7-19-50(45)54-51(46)32-40/h1-32H. The van der Waals surface area contributed by atoms with Crippen LogP contribution in [0.25, 0.3) is 109 Å². The van der Waals surface area contributed by atoms with Crippen LogP contribution in [-0.2, 0) is 0 Å². The molecule has 0 aliphatic heterocycles. The van der Waals surface area contributed by atoms with Gasteiger partial charge in [0, 0.05) is 30.9 Å². The van der Waals surface area contributed by atoms with Crippen LogP contribution in [0.5, 0.6) is 0 Å².